The van der Waals surface area contributed by atoms with E-state index < -0.39 is 11.7 Å². The normalized spacial score (nSPS) is 10.2. The van der Waals surface area contributed by atoms with Gasteiger partial charge in [-0.1, -0.05) is 0 Å². The highest BCUT2D eigenvalue weighted by Crippen LogP contribution is 2.20. The van der Waals surface area contributed by atoms with E-state index in [-0.39, 0.29) is 12.2 Å². The maximum Gasteiger partial charge on any atom is 0.246 e. The molecule has 0 spiro atoms. The Bertz CT molecular complexity index is 597. The van der Waals surface area contributed by atoms with Gasteiger partial charge in [-0.3, -0.25) is 9.48 Å². The number of carbonyl (C=O) groups excluding carboxylic acids is 1. The fraction of sp³-hybridized carbons (Fsp3) is 0.167. The first-order valence-electron chi connectivity index (χ1n) is 5.51. The minimum absolute atomic E-state index is 0.0478. The fourth-order valence-corrected chi connectivity index (χ4v) is 1.53. The molecule has 1 aromatic heterocycles. The third-order valence-corrected chi connectivity index (χ3v) is 2.41. The smallest absolute Gasteiger partial charge is 0.246 e. The Morgan fingerprint density at radius 3 is 2.95 bits per heavy atom. The van der Waals surface area contributed by atoms with Crippen molar-refractivity contribution in [1.29, 1.82) is 0 Å². The molecule has 0 saturated heterocycles. The summed E-state index contributed by atoms with van der Waals surface area (Å²) in [5, 5.41) is 6.31. The Balaban J connectivity index is 2.06. The first-order valence-corrected chi connectivity index (χ1v) is 5.51. The standard InChI is InChI=1S/C12H13FN4O2/c1-19-8-2-3-9(13)10(6-8)15-12(18)7-17-5-4-11(14)16-17/h2-6H,7H2,1H3,(H2,14,16)(H,15,18). The number of hydrogen-bond acceptors (Lipinski definition) is 4. The van der Waals surface area contributed by atoms with Crippen LogP contribution in [0.1, 0.15) is 0 Å². The lowest BCUT2D eigenvalue weighted by atomic mass is 10.3. The number of amides is 1. The van der Waals surface area contributed by atoms with Gasteiger partial charge in [0.15, 0.2) is 0 Å². The summed E-state index contributed by atoms with van der Waals surface area (Å²) in [4.78, 5) is 11.7. The number of anilines is 2. The molecule has 0 fully saturated rings. The largest absolute Gasteiger partial charge is 0.497 e. The molecule has 2 aromatic rings. The van der Waals surface area contributed by atoms with Crippen LogP contribution < -0.4 is 15.8 Å². The van der Waals surface area contributed by atoms with Gasteiger partial charge < -0.3 is 15.8 Å². The molecule has 0 aliphatic carbocycles. The van der Waals surface area contributed by atoms with Crippen LogP contribution in [0, 0.1) is 5.82 Å². The van der Waals surface area contributed by atoms with Crippen LogP contribution >= 0.6 is 0 Å². The Kier molecular flexibility index (Phi) is 3.65. The van der Waals surface area contributed by atoms with E-state index in [1.54, 1.807) is 12.3 Å². The fourth-order valence-electron chi connectivity index (χ4n) is 1.53. The molecule has 7 heteroatoms. The van der Waals surface area contributed by atoms with Crippen molar-refractivity contribution in [3.05, 3.63) is 36.3 Å². The van der Waals surface area contributed by atoms with E-state index in [1.165, 1.54) is 30.0 Å². The number of hydrogen-bond donors (Lipinski definition) is 2. The van der Waals surface area contributed by atoms with Crippen LogP contribution in [0.15, 0.2) is 30.5 Å². The van der Waals surface area contributed by atoms with E-state index in [0.717, 1.165) is 0 Å². The van der Waals surface area contributed by atoms with Gasteiger partial charge in [0.2, 0.25) is 5.91 Å². The van der Waals surface area contributed by atoms with Gasteiger partial charge in [-0.05, 0) is 18.2 Å². The predicted molar refractivity (Wildman–Crippen MR) is 68.2 cm³/mol. The van der Waals surface area contributed by atoms with Crippen LogP contribution in [0.3, 0.4) is 0 Å². The van der Waals surface area contributed by atoms with Crippen LogP contribution in [0.5, 0.6) is 5.75 Å². The SMILES string of the molecule is COc1ccc(F)c(NC(=O)Cn2ccc(N)n2)c1. The number of benzene rings is 1. The van der Waals surface area contributed by atoms with Gasteiger partial charge in [-0.25, -0.2) is 4.39 Å². The van der Waals surface area contributed by atoms with Crippen LogP contribution in [-0.4, -0.2) is 22.8 Å². The lowest BCUT2D eigenvalue weighted by Crippen LogP contribution is -2.19. The number of aromatic nitrogens is 2. The lowest BCUT2D eigenvalue weighted by Gasteiger charge is -2.08. The zero-order chi connectivity index (χ0) is 13.8. The van der Waals surface area contributed by atoms with Gasteiger partial charge in [0.1, 0.15) is 23.9 Å². The number of methoxy groups -OCH3 is 1. The summed E-state index contributed by atoms with van der Waals surface area (Å²) < 4.78 is 19.8. The molecule has 0 unspecified atom stereocenters. The summed E-state index contributed by atoms with van der Waals surface area (Å²) in [6.45, 7) is -0.0478. The molecule has 0 atom stereocenters. The number of halogens is 1. The summed E-state index contributed by atoms with van der Waals surface area (Å²) >= 11 is 0. The van der Waals surface area contributed by atoms with Crippen LogP contribution in [0.25, 0.3) is 0 Å². The number of nitrogens with two attached hydrogens (primary N) is 1. The number of carbonyl (C=O) groups is 1. The van der Waals surface area contributed by atoms with Crippen molar-refractivity contribution in [2.24, 2.45) is 0 Å². The van der Waals surface area contributed by atoms with Crippen molar-refractivity contribution >= 4 is 17.4 Å². The number of ether oxygens (including phenoxy) is 1. The Morgan fingerprint density at radius 1 is 1.53 bits per heavy atom. The van der Waals surface area contributed by atoms with Crippen LogP contribution in [0.2, 0.25) is 0 Å². The zero-order valence-electron chi connectivity index (χ0n) is 10.3. The molecule has 19 heavy (non-hydrogen) atoms. The molecule has 0 radical (unpaired) electrons. The van der Waals surface area contributed by atoms with Gasteiger partial charge in [0.25, 0.3) is 0 Å². The molecule has 0 saturated carbocycles. The molecule has 1 heterocycles. The zero-order valence-corrected chi connectivity index (χ0v) is 10.3. The van der Waals surface area contributed by atoms with Gasteiger partial charge in [-0.15, -0.1) is 0 Å². The second-order valence-electron chi connectivity index (χ2n) is 3.83. The number of nitrogens with zero attached hydrogens (tertiary/aromatic N) is 2. The third-order valence-electron chi connectivity index (χ3n) is 2.41. The topological polar surface area (TPSA) is 82.2 Å². The Morgan fingerprint density at radius 2 is 2.32 bits per heavy atom. The summed E-state index contributed by atoms with van der Waals surface area (Å²) in [6, 6.07) is 5.67. The van der Waals surface area contributed by atoms with Crippen LogP contribution in [-0.2, 0) is 11.3 Å². The molecule has 0 aliphatic rings. The highest BCUT2D eigenvalue weighted by Gasteiger charge is 2.09. The lowest BCUT2D eigenvalue weighted by molar-refractivity contribution is -0.116. The van der Waals surface area contributed by atoms with Crippen molar-refractivity contribution in [2.45, 2.75) is 6.54 Å². The Labute approximate surface area is 109 Å². The quantitative estimate of drug-likeness (QED) is 0.870. The van der Waals surface area contributed by atoms with Gasteiger partial charge in [0, 0.05) is 12.3 Å². The molecule has 0 bridgehead atoms. The van der Waals surface area contributed by atoms with E-state index >= 15 is 0 Å². The average molecular weight is 264 g/mol. The molecular weight excluding hydrogens is 251 g/mol. The van der Waals surface area contributed by atoms with Crippen molar-refractivity contribution in [2.75, 3.05) is 18.2 Å². The maximum absolute atomic E-state index is 13.5. The van der Waals surface area contributed by atoms with E-state index in [0.29, 0.717) is 11.6 Å². The molecule has 2 rings (SSSR count). The molecule has 100 valence electrons. The highest BCUT2D eigenvalue weighted by atomic mass is 19.1. The summed E-state index contributed by atoms with van der Waals surface area (Å²) in [6.07, 6.45) is 1.57. The van der Waals surface area contributed by atoms with Crippen molar-refractivity contribution in [3.63, 3.8) is 0 Å². The molecule has 0 aliphatic heterocycles. The third kappa shape index (κ3) is 3.21. The second kappa shape index (κ2) is 5.38. The summed E-state index contributed by atoms with van der Waals surface area (Å²) in [5.41, 5.74) is 5.49. The monoisotopic (exact) mass is 264 g/mol. The maximum atomic E-state index is 13.5. The van der Waals surface area contributed by atoms with Gasteiger partial charge >= 0.3 is 0 Å². The van der Waals surface area contributed by atoms with E-state index in [2.05, 4.69) is 10.4 Å². The van der Waals surface area contributed by atoms with Crippen molar-refractivity contribution in [1.82, 2.24) is 9.78 Å². The summed E-state index contributed by atoms with van der Waals surface area (Å²) in [7, 11) is 1.46. The molecule has 3 N–H and O–H groups in total. The Hall–Kier alpha value is -2.57. The molecule has 1 aromatic carbocycles. The van der Waals surface area contributed by atoms with E-state index in [9.17, 15) is 9.18 Å². The molecule has 6 nitrogen and oxygen atoms in total. The van der Waals surface area contributed by atoms with E-state index in [1.807, 2.05) is 0 Å². The van der Waals surface area contributed by atoms with E-state index in [4.69, 9.17) is 10.5 Å². The molecular formula is C12H13FN4O2. The number of nitrogens with one attached hydrogen (secondary N) is 1. The minimum atomic E-state index is -0.533. The number of rotatable bonds is 4. The molecule has 1 amide bonds. The minimum Gasteiger partial charge on any atom is -0.497 e. The average Bonchev–Trinajstić information content (AvgIpc) is 2.77. The second-order valence-corrected chi connectivity index (χ2v) is 3.83. The van der Waals surface area contributed by atoms with Gasteiger partial charge in [-0.2, -0.15) is 5.10 Å². The first kappa shape index (κ1) is 12.9. The van der Waals surface area contributed by atoms with Crippen molar-refractivity contribution < 1.29 is 13.9 Å². The predicted octanol–water partition coefficient (Wildman–Crippen LogP) is 1.25. The number of nitrogen functional groups attached to an aromatic ring is 1. The van der Waals surface area contributed by atoms with Gasteiger partial charge in [0.05, 0.1) is 12.8 Å². The first-order chi connectivity index (χ1) is 9.08. The van der Waals surface area contributed by atoms with Crippen molar-refractivity contribution in [3.8, 4) is 5.75 Å². The van der Waals surface area contributed by atoms with Crippen LogP contribution in [0.4, 0.5) is 15.9 Å². The summed E-state index contributed by atoms with van der Waals surface area (Å²) in [5.74, 6) is -0.162. The highest BCUT2D eigenvalue weighted by molar-refractivity contribution is 5.90.